The lowest BCUT2D eigenvalue weighted by Gasteiger charge is -2.08. The Labute approximate surface area is 175 Å². The number of amides is 1. The summed E-state index contributed by atoms with van der Waals surface area (Å²) < 4.78 is 6.93. The summed E-state index contributed by atoms with van der Waals surface area (Å²) in [6.45, 7) is 4.43. The molecule has 152 valence electrons. The number of thioether (sulfide) groups is 1. The van der Waals surface area contributed by atoms with Crippen LogP contribution in [0.5, 0.6) is 0 Å². The zero-order valence-corrected chi connectivity index (χ0v) is 16.7. The van der Waals surface area contributed by atoms with Gasteiger partial charge in [0.15, 0.2) is 16.7 Å². The summed E-state index contributed by atoms with van der Waals surface area (Å²) >= 11 is 1.39. The summed E-state index contributed by atoms with van der Waals surface area (Å²) in [7, 11) is 0. The van der Waals surface area contributed by atoms with E-state index in [2.05, 4.69) is 32.1 Å². The highest BCUT2D eigenvalue weighted by molar-refractivity contribution is 7.98. The first-order valence-corrected chi connectivity index (χ1v) is 10.1. The molecule has 1 aromatic carbocycles. The first-order valence-electron chi connectivity index (χ1n) is 9.11. The van der Waals surface area contributed by atoms with Crippen molar-refractivity contribution < 1.29 is 9.21 Å². The van der Waals surface area contributed by atoms with Crippen LogP contribution >= 0.6 is 11.8 Å². The maximum Gasteiger partial charge on any atom is 0.287 e. The number of rotatable bonds is 8. The number of aromatic amines is 1. The molecule has 1 amide bonds. The predicted molar refractivity (Wildman–Crippen MR) is 112 cm³/mol. The molecule has 0 radical (unpaired) electrons. The third kappa shape index (κ3) is 4.18. The normalized spacial score (nSPS) is 10.9. The van der Waals surface area contributed by atoms with Crippen LogP contribution < -0.4 is 10.9 Å². The lowest BCUT2D eigenvalue weighted by Crippen LogP contribution is -2.24. The van der Waals surface area contributed by atoms with Crippen LogP contribution in [-0.2, 0) is 18.8 Å². The number of hydrogen-bond acceptors (Lipinski definition) is 7. The molecule has 0 unspecified atom stereocenters. The molecule has 0 atom stereocenters. The number of benzene rings is 1. The van der Waals surface area contributed by atoms with Gasteiger partial charge in [-0.3, -0.25) is 9.59 Å². The summed E-state index contributed by atoms with van der Waals surface area (Å²) in [5.41, 5.74) is 0.468. The summed E-state index contributed by atoms with van der Waals surface area (Å²) in [4.78, 5) is 31.6. The Hall–Kier alpha value is -3.66. The molecule has 0 saturated carbocycles. The number of H-pyrrole nitrogens is 1. The van der Waals surface area contributed by atoms with Crippen molar-refractivity contribution in [3.63, 3.8) is 0 Å². The minimum Gasteiger partial charge on any atom is -0.459 e. The van der Waals surface area contributed by atoms with Crippen LogP contribution in [0.3, 0.4) is 0 Å². The lowest BCUT2D eigenvalue weighted by atomic mass is 10.2. The highest BCUT2D eigenvalue weighted by Gasteiger charge is 2.15. The molecule has 10 heteroatoms. The van der Waals surface area contributed by atoms with Crippen LogP contribution in [0.4, 0.5) is 0 Å². The molecule has 4 aromatic rings. The van der Waals surface area contributed by atoms with Crippen LogP contribution in [0.25, 0.3) is 10.9 Å². The van der Waals surface area contributed by atoms with Gasteiger partial charge in [-0.05, 0) is 24.3 Å². The molecule has 30 heavy (non-hydrogen) atoms. The van der Waals surface area contributed by atoms with E-state index in [1.807, 2.05) is 10.6 Å². The van der Waals surface area contributed by atoms with Crippen LogP contribution in [-0.4, -0.2) is 30.6 Å². The van der Waals surface area contributed by atoms with Crippen molar-refractivity contribution in [1.82, 2.24) is 30.0 Å². The zero-order valence-electron chi connectivity index (χ0n) is 15.9. The second-order valence-electron chi connectivity index (χ2n) is 6.28. The Kier molecular flexibility index (Phi) is 5.75. The third-order valence-electron chi connectivity index (χ3n) is 4.26. The Morgan fingerprint density at radius 3 is 2.93 bits per heavy atom. The van der Waals surface area contributed by atoms with E-state index in [0.717, 1.165) is 0 Å². The van der Waals surface area contributed by atoms with Gasteiger partial charge in [0.2, 0.25) is 0 Å². The summed E-state index contributed by atoms with van der Waals surface area (Å²) in [6, 6.07) is 10.4. The highest BCUT2D eigenvalue weighted by atomic mass is 32.2. The van der Waals surface area contributed by atoms with Crippen molar-refractivity contribution in [3.05, 3.63) is 83.1 Å². The maximum atomic E-state index is 12.2. The van der Waals surface area contributed by atoms with Crippen LogP contribution in [0.1, 0.15) is 22.2 Å². The second-order valence-corrected chi connectivity index (χ2v) is 7.22. The van der Waals surface area contributed by atoms with Crippen LogP contribution in [0.15, 0.2) is 69.7 Å². The predicted octanol–water partition coefficient (Wildman–Crippen LogP) is 2.52. The lowest BCUT2D eigenvalue weighted by molar-refractivity contribution is 0.0921. The fraction of sp³-hybridized carbons (Fsp3) is 0.150. The van der Waals surface area contributed by atoms with Crippen molar-refractivity contribution in [2.45, 2.75) is 24.0 Å². The zero-order chi connectivity index (χ0) is 20.9. The SMILES string of the molecule is C=CCn1c(CNC(=O)c2ccco2)nnc1SCc1nc2ccccc2c(=O)[nH]1. The molecule has 0 aliphatic rings. The van der Waals surface area contributed by atoms with Crippen molar-refractivity contribution >= 4 is 28.6 Å². The molecule has 0 aliphatic carbocycles. The maximum absolute atomic E-state index is 12.2. The standard InChI is InChI=1S/C20H18N6O3S/c1-2-9-26-17(11-21-19(28)15-8-5-10-29-15)24-25-20(26)30-12-16-22-14-7-4-3-6-13(14)18(27)23-16/h2-8,10H,1,9,11-12H2,(H,21,28)(H,22,23,27). The average molecular weight is 422 g/mol. The van der Waals surface area contributed by atoms with E-state index in [1.54, 1.807) is 36.4 Å². The van der Waals surface area contributed by atoms with Crippen molar-refractivity contribution in [3.8, 4) is 0 Å². The third-order valence-corrected chi connectivity index (χ3v) is 5.24. The van der Waals surface area contributed by atoms with Crippen molar-refractivity contribution in [1.29, 1.82) is 0 Å². The first-order chi connectivity index (χ1) is 14.7. The Morgan fingerprint density at radius 1 is 1.27 bits per heavy atom. The molecule has 0 fully saturated rings. The van der Waals surface area contributed by atoms with Crippen LogP contribution in [0.2, 0.25) is 0 Å². The van der Waals surface area contributed by atoms with Gasteiger partial charge in [0, 0.05) is 6.54 Å². The molecule has 3 heterocycles. The number of nitrogens with one attached hydrogen (secondary N) is 2. The topological polar surface area (TPSA) is 119 Å². The van der Waals surface area contributed by atoms with E-state index in [1.165, 1.54) is 18.0 Å². The number of para-hydroxylation sites is 1. The Bertz CT molecular complexity index is 1250. The van der Waals surface area contributed by atoms with Crippen LogP contribution in [0, 0.1) is 0 Å². The molecule has 9 nitrogen and oxygen atoms in total. The van der Waals surface area contributed by atoms with Gasteiger partial charge in [0.05, 0.1) is 29.5 Å². The van der Waals surface area contributed by atoms with Crippen molar-refractivity contribution in [2.24, 2.45) is 0 Å². The average Bonchev–Trinajstić information content (AvgIpc) is 3.42. The molecular weight excluding hydrogens is 404 g/mol. The van der Waals surface area contributed by atoms with Crippen molar-refractivity contribution in [2.75, 3.05) is 0 Å². The Balaban J connectivity index is 1.48. The number of hydrogen-bond donors (Lipinski definition) is 2. The second kappa shape index (κ2) is 8.78. The van der Waals surface area contributed by atoms with E-state index in [9.17, 15) is 9.59 Å². The quantitative estimate of drug-likeness (QED) is 0.331. The van der Waals surface area contributed by atoms with E-state index in [0.29, 0.717) is 40.0 Å². The fourth-order valence-corrected chi connectivity index (χ4v) is 3.70. The molecule has 3 aromatic heterocycles. The van der Waals surface area contributed by atoms with Gasteiger partial charge in [-0.1, -0.05) is 30.0 Å². The number of nitrogens with zero attached hydrogens (tertiary/aromatic N) is 4. The molecule has 0 saturated heterocycles. The number of aromatic nitrogens is 5. The minimum absolute atomic E-state index is 0.176. The van der Waals surface area contributed by atoms with Gasteiger partial charge in [-0.25, -0.2) is 4.98 Å². The largest absolute Gasteiger partial charge is 0.459 e. The smallest absolute Gasteiger partial charge is 0.287 e. The Morgan fingerprint density at radius 2 is 2.13 bits per heavy atom. The number of carbonyl (C=O) groups is 1. The van der Waals surface area contributed by atoms with Gasteiger partial charge in [0.25, 0.3) is 11.5 Å². The van der Waals surface area contributed by atoms with E-state index < -0.39 is 0 Å². The summed E-state index contributed by atoms with van der Waals surface area (Å²) in [5.74, 6) is 1.43. The van der Waals surface area contributed by atoms with Gasteiger partial charge in [-0.2, -0.15) is 0 Å². The molecular formula is C20H18N6O3S. The van der Waals surface area contributed by atoms with E-state index >= 15 is 0 Å². The summed E-state index contributed by atoms with van der Waals surface area (Å²) in [5, 5.41) is 12.3. The van der Waals surface area contributed by atoms with E-state index in [-0.39, 0.29) is 23.8 Å². The molecule has 0 bridgehead atoms. The number of fused-ring (bicyclic) bond motifs is 1. The minimum atomic E-state index is -0.333. The van der Waals surface area contributed by atoms with Gasteiger partial charge < -0.3 is 19.3 Å². The van der Waals surface area contributed by atoms with Gasteiger partial charge in [-0.15, -0.1) is 16.8 Å². The molecule has 4 rings (SSSR count). The molecule has 0 aliphatic heterocycles. The molecule has 2 N–H and O–H groups in total. The highest BCUT2D eigenvalue weighted by Crippen LogP contribution is 2.21. The number of furan rings is 1. The fourth-order valence-electron chi connectivity index (χ4n) is 2.86. The monoisotopic (exact) mass is 422 g/mol. The summed E-state index contributed by atoms with van der Waals surface area (Å²) in [6.07, 6.45) is 3.16. The van der Waals surface area contributed by atoms with Gasteiger partial charge >= 0.3 is 0 Å². The van der Waals surface area contributed by atoms with E-state index in [4.69, 9.17) is 4.42 Å². The van der Waals surface area contributed by atoms with Gasteiger partial charge in [0.1, 0.15) is 5.82 Å². The number of carbonyl (C=O) groups excluding carboxylic acids is 1. The molecule has 0 spiro atoms. The number of allylic oxidation sites excluding steroid dienone is 1. The first kappa shape index (κ1) is 19.6.